The highest BCUT2D eigenvalue weighted by molar-refractivity contribution is 6.26. The van der Waals surface area contributed by atoms with Gasteiger partial charge in [-0.15, -0.1) is 0 Å². The topological polar surface area (TPSA) is 66.9 Å². The summed E-state index contributed by atoms with van der Waals surface area (Å²) < 4.78 is 5.35. The summed E-state index contributed by atoms with van der Waals surface area (Å²) in [5, 5.41) is 2.82. The Kier molecular flexibility index (Phi) is 6.32. The molecule has 1 fully saturated rings. The molecule has 0 bridgehead atoms. The number of esters is 1. The number of hydrogen-bond donors (Lipinski definition) is 0. The fraction of sp³-hybridized carbons (Fsp3) is 0.348. The van der Waals surface area contributed by atoms with E-state index >= 15 is 0 Å². The van der Waals surface area contributed by atoms with Crippen molar-refractivity contribution in [3.63, 3.8) is 0 Å². The lowest BCUT2D eigenvalue weighted by molar-refractivity contribution is -0.152. The first-order chi connectivity index (χ1) is 14.0. The smallest absolute Gasteiger partial charge is 0.305 e. The molecule has 29 heavy (non-hydrogen) atoms. The van der Waals surface area contributed by atoms with Crippen LogP contribution in [0.4, 0.5) is 11.4 Å². The third-order valence-corrected chi connectivity index (χ3v) is 5.13. The molecule has 0 unspecified atom stereocenters. The van der Waals surface area contributed by atoms with Crippen molar-refractivity contribution in [2.75, 3.05) is 16.6 Å². The average Bonchev–Trinajstić information content (AvgIpc) is 2.98. The van der Waals surface area contributed by atoms with Crippen molar-refractivity contribution >= 4 is 29.2 Å². The molecule has 0 spiro atoms. The van der Waals surface area contributed by atoms with E-state index < -0.39 is 11.4 Å². The van der Waals surface area contributed by atoms with E-state index in [0.29, 0.717) is 24.2 Å². The molecule has 6 nitrogen and oxygen atoms in total. The zero-order valence-electron chi connectivity index (χ0n) is 16.8. The van der Waals surface area contributed by atoms with Crippen molar-refractivity contribution in [3.05, 3.63) is 60.7 Å². The van der Waals surface area contributed by atoms with Gasteiger partial charge in [0, 0.05) is 6.42 Å². The molecule has 2 amide bonds. The molecule has 0 aromatic heterocycles. The first kappa shape index (κ1) is 20.6. The summed E-state index contributed by atoms with van der Waals surface area (Å²) in [6.07, 6.45) is 2.01. The molecule has 1 saturated heterocycles. The van der Waals surface area contributed by atoms with Crippen LogP contribution < -0.4 is 10.0 Å². The molecule has 0 aliphatic carbocycles. The first-order valence-corrected chi connectivity index (χ1v) is 10.00. The lowest BCUT2D eigenvalue weighted by atomic mass is 9.82. The Labute approximate surface area is 171 Å². The zero-order valence-corrected chi connectivity index (χ0v) is 16.8. The van der Waals surface area contributed by atoms with Gasteiger partial charge in [-0.2, -0.15) is 0 Å². The highest BCUT2D eigenvalue weighted by atomic mass is 16.5. The maximum absolute atomic E-state index is 13.7. The summed E-state index contributed by atoms with van der Waals surface area (Å²) in [6, 6.07) is 18.1. The van der Waals surface area contributed by atoms with Gasteiger partial charge in [0.25, 0.3) is 11.8 Å². The normalized spacial score (nSPS) is 15.7. The summed E-state index contributed by atoms with van der Waals surface area (Å²) in [6.45, 7) is 3.44. The average molecular weight is 394 g/mol. The number of hydrazine groups is 1. The third kappa shape index (κ3) is 3.88. The molecule has 6 heteroatoms. The van der Waals surface area contributed by atoms with Crippen LogP contribution in [0.2, 0.25) is 0 Å². The fourth-order valence-electron chi connectivity index (χ4n) is 3.48. The molecule has 1 aliphatic heterocycles. The molecule has 0 saturated carbocycles. The predicted molar refractivity (Wildman–Crippen MR) is 111 cm³/mol. The Morgan fingerprint density at radius 2 is 1.34 bits per heavy atom. The van der Waals surface area contributed by atoms with E-state index in [4.69, 9.17) is 4.74 Å². The lowest BCUT2D eigenvalue weighted by Crippen LogP contribution is -2.41. The van der Waals surface area contributed by atoms with Gasteiger partial charge in [0.15, 0.2) is 5.41 Å². The molecule has 0 atom stereocenters. The predicted octanol–water partition coefficient (Wildman–Crippen LogP) is 4.11. The van der Waals surface area contributed by atoms with Gasteiger partial charge in [-0.25, -0.2) is 10.0 Å². The van der Waals surface area contributed by atoms with Gasteiger partial charge < -0.3 is 4.74 Å². The molecule has 3 rings (SSSR count). The first-order valence-electron chi connectivity index (χ1n) is 10.00. The Morgan fingerprint density at radius 1 is 0.862 bits per heavy atom. The minimum atomic E-state index is -1.42. The van der Waals surface area contributed by atoms with Crippen LogP contribution in [0.3, 0.4) is 0 Å². The molecule has 152 valence electrons. The van der Waals surface area contributed by atoms with Gasteiger partial charge in [-0.1, -0.05) is 63.1 Å². The highest BCUT2D eigenvalue weighted by Gasteiger charge is 2.59. The monoisotopic (exact) mass is 394 g/mol. The second kappa shape index (κ2) is 8.90. The number of para-hydroxylation sites is 2. The van der Waals surface area contributed by atoms with Crippen molar-refractivity contribution in [2.45, 2.75) is 39.5 Å². The van der Waals surface area contributed by atoms with E-state index in [9.17, 15) is 14.4 Å². The summed E-state index contributed by atoms with van der Waals surface area (Å²) in [7, 11) is 0. The number of hydrogen-bond acceptors (Lipinski definition) is 4. The van der Waals surface area contributed by atoms with Gasteiger partial charge in [-0.05, 0) is 30.7 Å². The van der Waals surface area contributed by atoms with Crippen LogP contribution in [0.25, 0.3) is 0 Å². The summed E-state index contributed by atoms with van der Waals surface area (Å²) in [4.78, 5) is 39.2. The van der Waals surface area contributed by atoms with Crippen LogP contribution in [-0.4, -0.2) is 24.4 Å². The summed E-state index contributed by atoms with van der Waals surface area (Å²) >= 11 is 0. The maximum Gasteiger partial charge on any atom is 0.305 e. The van der Waals surface area contributed by atoms with E-state index in [2.05, 4.69) is 0 Å². The maximum atomic E-state index is 13.7. The van der Waals surface area contributed by atoms with Crippen LogP contribution in [-0.2, 0) is 19.1 Å². The van der Waals surface area contributed by atoms with E-state index in [1.54, 1.807) is 31.2 Å². The van der Waals surface area contributed by atoms with Crippen molar-refractivity contribution in [2.24, 2.45) is 5.41 Å². The Morgan fingerprint density at radius 3 is 1.76 bits per heavy atom. The second-order valence-corrected chi connectivity index (χ2v) is 7.10. The molecule has 1 aliphatic rings. The number of ether oxygens (including phenoxy) is 1. The van der Waals surface area contributed by atoms with E-state index in [0.717, 1.165) is 6.42 Å². The van der Waals surface area contributed by atoms with Crippen molar-refractivity contribution < 1.29 is 19.1 Å². The van der Waals surface area contributed by atoms with Gasteiger partial charge in [0.2, 0.25) is 0 Å². The van der Waals surface area contributed by atoms with Crippen molar-refractivity contribution in [3.8, 4) is 0 Å². The van der Waals surface area contributed by atoms with E-state index in [-0.39, 0.29) is 24.8 Å². The van der Waals surface area contributed by atoms with E-state index in [1.165, 1.54) is 10.0 Å². The lowest BCUT2D eigenvalue weighted by Gasteiger charge is -2.27. The Hall–Kier alpha value is -3.15. The van der Waals surface area contributed by atoms with Crippen molar-refractivity contribution in [1.82, 2.24) is 0 Å². The van der Waals surface area contributed by atoms with Gasteiger partial charge >= 0.3 is 5.97 Å². The second-order valence-electron chi connectivity index (χ2n) is 7.10. The molecular formula is C23H26N2O4. The standard InChI is InChI=1S/C23H26N2O4/c1-3-5-16-23(17-29-20(26)4-2)21(27)24(18-12-8-6-9-13-18)25(22(23)28)19-14-10-7-11-15-19/h6-15H,3-5,16-17H2,1-2H3. The SMILES string of the molecule is CCCCC1(COC(=O)CC)C(=O)N(c2ccccc2)N(c2ccccc2)C1=O. The largest absolute Gasteiger partial charge is 0.464 e. The minimum absolute atomic E-state index is 0.192. The summed E-state index contributed by atoms with van der Waals surface area (Å²) in [5.74, 6) is -1.16. The number of anilines is 2. The van der Waals surface area contributed by atoms with E-state index in [1.807, 2.05) is 43.3 Å². The van der Waals surface area contributed by atoms with Gasteiger partial charge in [0.05, 0.1) is 11.4 Å². The van der Waals surface area contributed by atoms with Gasteiger partial charge in [-0.3, -0.25) is 14.4 Å². The Balaban J connectivity index is 2.10. The molecular weight excluding hydrogens is 368 g/mol. The molecule has 2 aromatic rings. The zero-order chi connectivity index (χ0) is 20.9. The van der Waals surface area contributed by atoms with Gasteiger partial charge in [0.1, 0.15) is 6.61 Å². The molecule has 0 radical (unpaired) electrons. The Bertz CT molecular complexity index is 809. The minimum Gasteiger partial charge on any atom is -0.464 e. The van der Waals surface area contributed by atoms with Crippen LogP contribution >= 0.6 is 0 Å². The molecule has 2 aromatic carbocycles. The number of benzene rings is 2. The number of carbonyl (C=O) groups excluding carboxylic acids is 3. The van der Waals surface area contributed by atoms with Crippen LogP contribution in [0.5, 0.6) is 0 Å². The third-order valence-electron chi connectivity index (χ3n) is 5.13. The highest BCUT2D eigenvalue weighted by Crippen LogP contribution is 2.42. The number of rotatable bonds is 8. The van der Waals surface area contributed by atoms with Crippen LogP contribution in [0.15, 0.2) is 60.7 Å². The summed E-state index contributed by atoms with van der Waals surface area (Å²) in [5.41, 5.74) is -0.239. The number of unbranched alkanes of at least 4 members (excludes halogenated alkanes) is 1. The molecule has 1 heterocycles. The number of carbonyl (C=O) groups is 3. The van der Waals surface area contributed by atoms with Crippen molar-refractivity contribution in [1.29, 1.82) is 0 Å². The van der Waals surface area contributed by atoms with Crippen LogP contribution in [0, 0.1) is 5.41 Å². The number of nitrogens with zero attached hydrogens (tertiary/aromatic N) is 2. The molecule has 0 N–H and O–H groups in total. The fourth-order valence-corrected chi connectivity index (χ4v) is 3.48. The number of amides is 2. The quantitative estimate of drug-likeness (QED) is 0.499. The van der Waals surface area contributed by atoms with Crippen LogP contribution in [0.1, 0.15) is 39.5 Å².